The van der Waals surface area contributed by atoms with Gasteiger partial charge >= 0.3 is 5.69 Å². The van der Waals surface area contributed by atoms with Crippen LogP contribution in [0.15, 0.2) is 48.5 Å². The molecule has 1 fully saturated rings. The minimum atomic E-state index is 0.502. The summed E-state index contributed by atoms with van der Waals surface area (Å²) >= 11 is 0. The molecule has 3 rings (SSSR count). The summed E-state index contributed by atoms with van der Waals surface area (Å²) in [5, 5.41) is 8.99. The van der Waals surface area contributed by atoms with E-state index >= 15 is 0 Å². The van der Waals surface area contributed by atoms with Crippen LogP contribution in [0.25, 0.3) is 4.98 Å². The Morgan fingerprint density at radius 1 is 0.952 bits per heavy atom. The molecule has 21 heavy (non-hydrogen) atoms. The molecule has 1 heterocycles. The van der Waals surface area contributed by atoms with E-state index in [4.69, 9.17) is 10.1 Å². The second-order valence-electron chi connectivity index (χ2n) is 5.21. The number of piperidine rings is 1. The van der Waals surface area contributed by atoms with Gasteiger partial charge in [-0.2, -0.15) is 0 Å². The molecule has 0 atom stereocenters. The largest absolute Gasteiger partial charge is 0.455 e. The van der Waals surface area contributed by atoms with Crippen molar-refractivity contribution in [1.82, 2.24) is 0 Å². The van der Waals surface area contributed by atoms with Gasteiger partial charge in [0.05, 0.1) is 11.8 Å². The van der Waals surface area contributed by atoms with Crippen LogP contribution in [-0.2, 0) is 0 Å². The standard InChI is InChI=1S/C17H18N3O/c18-19-14-9-10-16(20-11-5-2-6-12-20)17(13-14)21-15-7-3-1-4-8-15/h1,3-4,7-10,13H,2,5-6,11-12H2/q+1. The summed E-state index contributed by atoms with van der Waals surface area (Å²) in [7, 11) is 0. The van der Waals surface area contributed by atoms with Crippen LogP contribution in [-0.4, -0.2) is 13.1 Å². The van der Waals surface area contributed by atoms with Crippen molar-refractivity contribution in [3.63, 3.8) is 0 Å². The minimum Gasteiger partial charge on any atom is -0.455 e. The maximum Gasteiger partial charge on any atom is 0.388 e. The molecule has 1 aliphatic heterocycles. The second kappa shape index (κ2) is 6.27. The van der Waals surface area contributed by atoms with Gasteiger partial charge in [0.1, 0.15) is 5.75 Å². The molecule has 2 aromatic carbocycles. The van der Waals surface area contributed by atoms with E-state index in [0.717, 1.165) is 30.3 Å². The molecular weight excluding hydrogens is 262 g/mol. The van der Waals surface area contributed by atoms with Gasteiger partial charge in [0.2, 0.25) is 5.39 Å². The highest BCUT2D eigenvalue weighted by molar-refractivity contribution is 5.66. The lowest BCUT2D eigenvalue weighted by Gasteiger charge is -2.29. The van der Waals surface area contributed by atoms with Gasteiger partial charge < -0.3 is 9.64 Å². The average molecular weight is 280 g/mol. The Morgan fingerprint density at radius 2 is 1.71 bits per heavy atom. The predicted octanol–water partition coefficient (Wildman–Crippen LogP) is 4.95. The van der Waals surface area contributed by atoms with Crippen LogP contribution >= 0.6 is 0 Å². The lowest BCUT2D eigenvalue weighted by atomic mass is 10.1. The predicted molar refractivity (Wildman–Crippen MR) is 83.8 cm³/mol. The van der Waals surface area contributed by atoms with Crippen molar-refractivity contribution in [2.75, 3.05) is 18.0 Å². The molecule has 4 heteroatoms. The van der Waals surface area contributed by atoms with E-state index in [-0.39, 0.29) is 0 Å². The SMILES string of the molecule is N#[N+]c1ccc(N2CCCCC2)c(Oc2ccccc2)c1. The fourth-order valence-electron chi connectivity index (χ4n) is 2.66. The zero-order valence-corrected chi connectivity index (χ0v) is 11.9. The summed E-state index contributed by atoms with van der Waals surface area (Å²) in [6.07, 6.45) is 3.70. The molecule has 0 bridgehead atoms. The molecule has 4 nitrogen and oxygen atoms in total. The van der Waals surface area contributed by atoms with Crippen LogP contribution in [0.4, 0.5) is 11.4 Å². The third kappa shape index (κ3) is 3.14. The Balaban J connectivity index is 1.93. The average Bonchev–Trinajstić information content (AvgIpc) is 2.56. The highest BCUT2D eigenvalue weighted by Gasteiger charge is 2.19. The first kappa shape index (κ1) is 13.4. The minimum absolute atomic E-state index is 0.502. The first-order chi connectivity index (χ1) is 10.4. The summed E-state index contributed by atoms with van der Waals surface area (Å²) in [6.45, 7) is 2.08. The van der Waals surface area contributed by atoms with Crippen LogP contribution in [0.2, 0.25) is 0 Å². The van der Waals surface area contributed by atoms with Gasteiger partial charge in [-0.05, 0) is 37.5 Å². The van der Waals surface area contributed by atoms with Crippen molar-refractivity contribution < 1.29 is 4.74 Å². The molecule has 0 unspecified atom stereocenters. The Bertz CT molecular complexity index is 643. The third-order valence-electron chi connectivity index (χ3n) is 3.73. The zero-order chi connectivity index (χ0) is 14.5. The molecular formula is C17H18N3O+. The quantitative estimate of drug-likeness (QED) is 0.746. The van der Waals surface area contributed by atoms with Gasteiger partial charge in [-0.25, -0.2) is 0 Å². The van der Waals surface area contributed by atoms with Gasteiger partial charge in [0.15, 0.2) is 10.7 Å². The number of hydrogen-bond donors (Lipinski definition) is 0. The topological polar surface area (TPSA) is 40.6 Å². The number of rotatable bonds is 3. The molecule has 2 aromatic rings. The van der Waals surface area contributed by atoms with Crippen molar-refractivity contribution in [1.29, 1.82) is 5.39 Å². The molecule has 0 aromatic heterocycles. The Labute approximate surface area is 124 Å². The molecule has 0 radical (unpaired) electrons. The van der Waals surface area contributed by atoms with Crippen molar-refractivity contribution in [3.8, 4) is 11.5 Å². The number of hydrogen-bond acceptors (Lipinski definition) is 3. The van der Waals surface area contributed by atoms with E-state index in [1.54, 1.807) is 6.07 Å². The number of benzene rings is 2. The maximum absolute atomic E-state index is 8.99. The first-order valence-corrected chi connectivity index (χ1v) is 7.34. The number of diazo groups is 1. The van der Waals surface area contributed by atoms with Crippen molar-refractivity contribution in [2.24, 2.45) is 0 Å². The molecule has 0 amide bonds. The van der Waals surface area contributed by atoms with Crippen LogP contribution in [0, 0.1) is 5.39 Å². The zero-order valence-electron chi connectivity index (χ0n) is 11.9. The lowest BCUT2D eigenvalue weighted by Crippen LogP contribution is -2.29. The van der Waals surface area contributed by atoms with Gasteiger partial charge in [-0.1, -0.05) is 18.2 Å². The summed E-state index contributed by atoms with van der Waals surface area (Å²) in [6, 6.07) is 15.2. The van der Waals surface area contributed by atoms with Gasteiger partial charge in [-0.15, -0.1) is 0 Å². The Kier molecular flexibility index (Phi) is 4.02. The highest BCUT2D eigenvalue weighted by Crippen LogP contribution is 2.36. The van der Waals surface area contributed by atoms with E-state index in [2.05, 4.69) is 9.88 Å². The van der Waals surface area contributed by atoms with Gasteiger partial charge in [0.25, 0.3) is 0 Å². The van der Waals surface area contributed by atoms with Crippen LogP contribution in [0.3, 0.4) is 0 Å². The maximum atomic E-state index is 8.99. The van der Waals surface area contributed by atoms with E-state index in [0.29, 0.717) is 5.69 Å². The fraction of sp³-hybridized carbons (Fsp3) is 0.294. The van der Waals surface area contributed by atoms with E-state index in [1.807, 2.05) is 42.5 Å². The number of anilines is 1. The van der Waals surface area contributed by atoms with E-state index in [9.17, 15) is 0 Å². The summed E-state index contributed by atoms with van der Waals surface area (Å²) < 4.78 is 5.99. The Hall–Kier alpha value is -2.54. The van der Waals surface area contributed by atoms with Gasteiger partial charge in [0, 0.05) is 19.2 Å². The molecule has 0 saturated carbocycles. The molecule has 0 N–H and O–H groups in total. The molecule has 1 aliphatic rings. The number of nitrogens with zero attached hydrogens (tertiary/aromatic N) is 3. The molecule has 106 valence electrons. The smallest absolute Gasteiger partial charge is 0.388 e. The Morgan fingerprint density at radius 3 is 2.43 bits per heavy atom. The van der Waals surface area contributed by atoms with Crippen LogP contribution in [0.5, 0.6) is 11.5 Å². The summed E-state index contributed by atoms with van der Waals surface area (Å²) in [5.74, 6) is 1.52. The van der Waals surface area contributed by atoms with Crippen LogP contribution in [0.1, 0.15) is 19.3 Å². The number of ether oxygens (including phenoxy) is 1. The van der Waals surface area contributed by atoms with Gasteiger partial charge in [-0.3, -0.25) is 0 Å². The highest BCUT2D eigenvalue weighted by atomic mass is 16.5. The molecule has 1 saturated heterocycles. The van der Waals surface area contributed by atoms with E-state index < -0.39 is 0 Å². The third-order valence-corrected chi connectivity index (χ3v) is 3.73. The molecule has 0 aliphatic carbocycles. The summed E-state index contributed by atoms with van der Waals surface area (Å²) in [4.78, 5) is 5.60. The van der Waals surface area contributed by atoms with Crippen molar-refractivity contribution in [2.45, 2.75) is 19.3 Å². The van der Waals surface area contributed by atoms with Crippen LogP contribution < -0.4 is 9.64 Å². The summed E-state index contributed by atoms with van der Waals surface area (Å²) in [5.41, 5.74) is 1.56. The first-order valence-electron chi connectivity index (χ1n) is 7.34. The number of para-hydroxylation sites is 1. The monoisotopic (exact) mass is 280 g/mol. The second-order valence-corrected chi connectivity index (χ2v) is 5.21. The van der Waals surface area contributed by atoms with E-state index in [1.165, 1.54) is 19.3 Å². The lowest BCUT2D eigenvalue weighted by molar-refractivity contribution is 0.477. The van der Waals surface area contributed by atoms with Crippen molar-refractivity contribution >= 4 is 11.4 Å². The fourth-order valence-corrected chi connectivity index (χ4v) is 2.66. The molecule has 0 spiro atoms. The van der Waals surface area contributed by atoms with Crippen molar-refractivity contribution in [3.05, 3.63) is 53.5 Å². The normalized spacial score (nSPS) is 14.5.